The molecule has 1 amide bonds. The molecule has 1 heterocycles. The summed E-state index contributed by atoms with van der Waals surface area (Å²) in [6, 6.07) is 9.41. The Morgan fingerprint density at radius 1 is 1.35 bits per heavy atom. The molecule has 0 aliphatic heterocycles. The standard InChI is InChI=1S/C17H22N4OS/c1-12(15-6-7-23-11-15)9-20-17(19-2)21-10-13-4-3-5-14(8-13)16(18)22/h3-8,11-12H,9-10H2,1-2H3,(H2,18,22)(H2,19,20,21). The molecule has 0 saturated carbocycles. The number of rotatable bonds is 6. The van der Waals surface area contributed by atoms with Crippen LogP contribution in [-0.2, 0) is 6.54 Å². The molecule has 2 aromatic rings. The molecule has 1 atom stereocenters. The quantitative estimate of drug-likeness (QED) is 0.562. The summed E-state index contributed by atoms with van der Waals surface area (Å²) in [7, 11) is 1.74. The molecule has 0 bridgehead atoms. The van der Waals surface area contributed by atoms with Crippen LogP contribution in [-0.4, -0.2) is 25.5 Å². The van der Waals surface area contributed by atoms with Crippen LogP contribution in [0.5, 0.6) is 0 Å². The first-order valence-electron chi connectivity index (χ1n) is 7.45. The number of primary amides is 1. The maximum absolute atomic E-state index is 11.2. The highest BCUT2D eigenvalue weighted by atomic mass is 32.1. The van der Waals surface area contributed by atoms with Gasteiger partial charge in [-0.15, -0.1) is 0 Å². The zero-order chi connectivity index (χ0) is 16.7. The van der Waals surface area contributed by atoms with Gasteiger partial charge in [0.15, 0.2) is 5.96 Å². The number of thiophene rings is 1. The van der Waals surface area contributed by atoms with Gasteiger partial charge in [-0.2, -0.15) is 11.3 Å². The number of amides is 1. The molecule has 4 N–H and O–H groups in total. The van der Waals surface area contributed by atoms with Gasteiger partial charge < -0.3 is 16.4 Å². The van der Waals surface area contributed by atoms with Gasteiger partial charge in [0.1, 0.15) is 0 Å². The molecule has 5 nitrogen and oxygen atoms in total. The number of guanidine groups is 1. The van der Waals surface area contributed by atoms with E-state index in [4.69, 9.17) is 5.73 Å². The number of nitrogens with one attached hydrogen (secondary N) is 2. The molecule has 0 fully saturated rings. The molecule has 0 saturated heterocycles. The van der Waals surface area contributed by atoms with Crippen molar-refractivity contribution in [3.05, 3.63) is 57.8 Å². The first kappa shape index (κ1) is 17.0. The third kappa shape index (κ3) is 5.10. The minimum Gasteiger partial charge on any atom is -0.366 e. The Kier molecular flexibility index (Phi) is 6.17. The van der Waals surface area contributed by atoms with Crippen molar-refractivity contribution in [2.45, 2.75) is 19.4 Å². The summed E-state index contributed by atoms with van der Waals surface area (Å²) in [4.78, 5) is 15.4. The van der Waals surface area contributed by atoms with Crippen LogP contribution in [0.25, 0.3) is 0 Å². The van der Waals surface area contributed by atoms with Crippen LogP contribution in [0.3, 0.4) is 0 Å². The fraction of sp³-hybridized carbons (Fsp3) is 0.294. The Labute approximate surface area is 140 Å². The van der Waals surface area contributed by atoms with E-state index < -0.39 is 5.91 Å². The Balaban J connectivity index is 1.85. The summed E-state index contributed by atoms with van der Waals surface area (Å²) in [5.41, 5.74) is 8.12. The number of carbonyl (C=O) groups is 1. The van der Waals surface area contributed by atoms with Crippen molar-refractivity contribution in [1.82, 2.24) is 10.6 Å². The summed E-state index contributed by atoms with van der Waals surface area (Å²) in [6.45, 7) is 3.56. The smallest absolute Gasteiger partial charge is 0.248 e. The van der Waals surface area contributed by atoms with Crippen LogP contribution < -0.4 is 16.4 Å². The van der Waals surface area contributed by atoms with Crippen LogP contribution >= 0.6 is 11.3 Å². The molecule has 0 radical (unpaired) electrons. The summed E-state index contributed by atoms with van der Waals surface area (Å²) >= 11 is 1.71. The lowest BCUT2D eigenvalue weighted by molar-refractivity contribution is 0.1000. The van der Waals surface area contributed by atoms with Crippen molar-refractivity contribution in [1.29, 1.82) is 0 Å². The third-order valence-electron chi connectivity index (χ3n) is 3.58. The second-order valence-electron chi connectivity index (χ2n) is 5.33. The van der Waals surface area contributed by atoms with Gasteiger partial charge in [-0.3, -0.25) is 9.79 Å². The number of hydrogen-bond donors (Lipinski definition) is 3. The van der Waals surface area contributed by atoms with E-state index in [1.807, 2.05) is 12.1 Å². The Morgan fingerprint density at radius 3 is 2.83 bits per heavy atom. The molecule has 23 heavy (non-hydrogen) atoms. The third-order valence-corrected chi connectivity index (χ3v) is 4.28. The zero-order valence-electron chi connectivity index (χ0n) is 13.4. The van der Waals surface area contributed by atoms with E-state index in [-0.39, 0.29) is 0 Å². The van der Waals surface area contributed by atoms with Crippen molar-refractivity contribution in [2.24, 2.45) is 10.7 Å². The van der Waals surface area contributed by atoms with Gasteiger partial charge in [0.05, 0.1) is 0 Å². The number of nitrogens with zero attached hydrogens (tertiary/aromatic N) is 1. The van der Waals surface area contributed by atoms with Crippen LogP contribution in [0.4, 0.5) is 0 Å². The van der Waals surface area contributed by atoms with E-state index in [0.29, 0.717) is 18.0 Å². The van der Waals surface area contributed by atoms with E-state index >= 15 is 0 Å². The lowest BCUT2D eigenvalue weighted by Gasteiger charge is -2.15. The summed E-state index contributed by atoms with van der Waals surface area (Å²) in [5, 5.41) is 10.8. The highest BCUT2D eigenvalue weighted by Gasteiger charge is 2.07. The molecule has 0 aliphatic rings. The second kappa shape index (κ2) is 8.33. The maximum Gasteiger partial charge on any atom is 0.248 e. The van der Waals surface area contributed by atoms with Gasteiger partial charge in [0.2, 0.25) is 5.91 Å². The fourth-order valence-corrected chi connectivity index (χ4v) is 2.95. The molecule has 1 unspecified atom stereocenters. The summed E-state index contributed by atoms with van der Waals surface area (Å²) in [5.74, 6) is 0.730. The van der Waals surface area contributed by atoms with Crippen molar-refractivity contribution in [3.8, 4) is 0 Å². The Hall–Kier alpha value is -2.34. The van der Waals surface area contributed by atoms with Crippen molar-refractivity contribution < 1.29 is 4.79 Å². The number of nitrogens with two attached hydrogens (primary N) is 1. The number of carbonyl (C=O) groups excluding carboxylic acids is 1. The second-order valence-corrected chi connectivity index (χ2v) is 6.11. The van der Waals surface area contributed by atoms with Crippen molar-refractivity contribution in [3.63, 3.8) is 0 Å². The average Bonchev–Trinajstić information content (AvgIpc) is 3.09. The van der Waals surface area contributed by atoms with Crippen LogP contribution in [0, 0.1) is 0 Å². The van der Waals surface area contributed by atoms with Crippen LogP contribution in [0.1, 0.15) is 34.3 Å². The number of hydrogen-bond acceptors (Lipinski definition) is 3. The van der Waals surface area contributed by atoms with Crippen molar-refractivity contribution >= 4 is 23.2 Å². The average molecular weight is 330 g/mol. The molecule has 6 heteroatoms. The first-order valence-corrected chi connectivity index (χ1v) is 8.39. The maximum atomic E-state index is 11.2. The van der Waals surface area contributed by atoms with E-state index in [1.165, 1.54) is 5.56 Å². The summed E-state index contributed by atoms with van der Waals surface area (Å²) < 4.78 is 0. The van der Waals surface area contributed by atoms with E-state index in [9.17, 15) is 4.79 Å². The zero-order valence-corrected chi connectivity index (χ0v) is 14.2. The van der Waals surface area contributed by atoms with Crippen LogP contribution in [0.15, 0.2) is 46.1 Å². The molecule has 0 spiro atoms. The monoisotopic (exact) mass is 330 g/mol. The molecule has 122 valence electrons. The van der Waals surface area contributed by atoms with Gasteiger partial charge in [0, 0.05) is 25.7 Å². The topological polar surface area (TPSA) is 79.5 Å². The van der Waals surface area contributed by atoms with Crippen molar-refractivity contribution in [2.75, 3.05) is 13.6 Å². The van der Waals surface area contributed by atoms with Gasteiger partial charge >= 0.3 is 0 Å². The minimum absolute atomic E-state index is 0.415. The van der Waals surface area contributed by atoms with Gasteiger partial charge in [-0.1, -0.05) is 19.1 Å². The lowest BCUT2D eigenvalue weighted by Crippen LogP contribution is -2.38. The van der Waals surface area contributed by atoms with Crippen LogP contribution in [0.2, 0.25) is 0 Å². The predicted molar refractivity (Wildman–Crippen MR) is 95.9 cm³/mol. The molecule has 1 aromatic carbocycles. The van der Waals surface area contributed by atoms with Gasteiger partial charge in [0.25, 0.3) is 0 Å². The van der Waals surface area contributed by atoms with E-state index in [2.05, 4.69) is 39.4 Å². The van der Waals surface area contributed by atoms with E-state index in [0.717, 1.165) is 18.1 Å². The van der Waals surface area contributed by atoms with E-state index in [1.54, 1.807) is 30.5 Å². The molecule has 0 aliphatic carbocycles. The predicted octanol–water partition coefficient (Wildman–Crippen LogP) is 2.32. The first-order chi connectivity index (χ1) is 11.1. The molecule has 1 aromatic heterocycles. The minimum atomic E-state index is -0.418. The fourth-order valence-electron chi connectivity index (χ4n) is 2.16. The van der Waals surface area contributed by atoms with Gasteiger partial charge in [-0.05, 0) is 46.0 Å². The summed E-state index contributed by atoms with van der Waals surface area (Å²) in [6.07, 6.45) is 0. The molecular weight excluding hydrogens is 308 g/mol. The highest BCUT2D eigenvalue weighted by molar-refractivity contribution is 7.07. The SMILES string of the molecule is CN=C(NCc1cccc(C(N)=O)c1)NCC(C)c1ccsc1. The number of benzene rings is 1. The Morgan fingerprint density at radius 2 is 2.17 bits per heavy atom. The highest BCUT2D eigenvalue weighted by Crippen LogP contribution is 2.16. The van der Waals surface area contributed by atoms with Gasteiger partial charge in [-0.25, -0.2) is 0 Å². The number of aliphatic imine (C=N–C) groups is 1. The normalized spacial score (nSPS) is 12.7. The Bertz CT molecular complexity index is 667. The molecular formula is C17H22N4OS. The largest absolute Gasteiger partial charge is 0.366 e. The lowest BCUT2D eigenvalue weighted by atomic mass is 10.1. The molecule has 2 rings (SSSR count).